The summed E-state index contributed by atoms with van der Waals surface area (Å²) in [5.74, 6) is 0.202. The number of piperidine rings is 1. The minimum atomic E-state index is -0.592. The Morgan fingerprint density at radius 2 is 2.30 bits per heavy atom. The Morgan fingerprint density at radius 1 is 1.55 bits per heavy atom. The Bertz CT molecular complexity index is 400. The molecule has 0 aliphatic carbocycles. The van der Waals surface area contributed by atoms with Crippen molar-refractivity contribution in [2.75, 3.05) is 26.2 Å². The van der Waals surface area contributed by atoms with Crippen LogP contribution in [0.15, 0.2) is 16.8 Å². The highest BCUT2D eigenvalue weighted by molar-refractivity contribution is 7.07. The van der Waals surface area contributed by atoms with Crippen LogP contribution in [0.3, 0.4) is 0 Å². The number of likely N-dealkylation sites (tertiary alicyclic amines) is 1. The smallest absolute Gasteiger partial charge is 0.223 e. The topological polar surface area (TPSA) is 52.6 Å². The van der Waals surface area contributed by atoms with Crippen molar-refractivity contribution in [1.82, 2.24) is 10.2 Å². The van der Waals surface area contributed by atoms with Crippen LogP contribution in [0.4, 0.5) is 0 Å². The molecule has 1 aliphatic rings. The summed E-state index contributed by atoms with van der Waals surface area (Å²) in [6.07, 6.45) is 2.44. The predicted molar refractivity (Wildman–Crippen MR) is 81.7 cm³/mol. The molecule has 1 aromatic heterocycles. The molecule has 1 saturated heterocycles. The van der Waals surface area contributed by atoms with E-state index in [0.717, 1.165) is 38.0 Å². The SMILES string of the molecule is CCCN1CCC(C(=O)NCC(O)c2ccsc2)CC1. The predicted octanol–water partition coefficient (Wildman–Crippen LogP) is 2.02. The van der Waals surface area contributed by atoms with Crippen molar-refractivity contribution in [1.29, 1.82) is 0 Å². The Hall–Kier alpha value is -0.910. The lowest BCUT2D eigenvalue weighted by Gasteiger charge is -2.31. The fraction of sp³-hybridized carbons (Fsp3) is 0.667. The molecule has 2 N–H and O–H groups in total. The third-order valence-electron chi connectivity index (χ3n) is 3.90. The molecule has 1 fully saturated rings. The average molecular weight is 296 g/mol. The first-order valence-electron chi connectivity index (χ1n) is 7.41. The minimum Gasteiger partial charge on any atom is -0.387 e. The summed E-state index contributed by atoms with van der Waals surface area (Å²) in [7, 11) is 0. The van der Waals surface area contributed by atoms with E-state index in [2.05, 4.69) is 17.1 Å². The maximum Gasteiger partial charge on any atom is 0.223 e. The normalized spacial score (nSPS) is 18.9. The van der Waals surface area contributed by atoms with Crippen LogP contribution in [0, 0.1) is 5.92 Å². The molecule has 112 valence electrons. The zero-order chi connectivity index (χ0) is 14.4. The van der Waals surface area contributed by atoms with E-state index in [1.54, 1.807) is 11.3 Å². The molecule has 1 aliphatic heterocycles. The van der Waals surface area contributed by atoms with Crippen LogP contribution in [0.1, 0.15) is 37.9 Å². The molecule has 1 amide bonds. The molecule has 0 saturated carbocycles. The van der Waals surface area contributed by atoms with Crippen LogP contribution in [-0.4, -0.2) is 42.1 Å². The molecule has 0 aromatic carbocycles. The Morgan fingerprint density at radius 3 is 2.90 bits per heavy atom. The molecule has 20 heavy (non-hydrogen) atoms. The monoisotopic (exact) mass is 296 g/mol. The quantitative estimate of drug-likeness (QED) is 0.844. The number of thiophene rings is 1. The van der Waals surface area contributed by atoms with Gasteiger partial charge in [-0.05, 0) is 61.3 Å². The number of carbonyl (C=O) groups is 1. The van der Waals surface area contributed by atoms with Crippen molar-refractivity contribution in [3.8, 4) is 0 Å². The Labute approximate surface area is 124 Å². The van der Waals surface area contributed by atoms with E-state index in [1.165, 1.54) is 6.42 Å². The summed E-state index contributed by atoms with van der Waals surface area (Å²) in [6.45, 7) is 5.65. The third-order valence-corrected chi connectivity index (χ3v) is 4.60. The summed E-state index contributed by atoms with van der Waals surface area (Å²) in [4.78, 5) is 14.5. The van der Waals surface area contributed by atoms with Gasteiger partial charge in [-0.3, -0.25) is 4.79 Å². The van der Waals surface area contributed by atoms with Crippen molar-refractivity contribution in [2.24, 2.45) is 5.92 Å². The molecule has 1 unspecified atom stereocenters. The van der Waals surface area contributed by atoms with Gasteiger partial charge in [0.25, 0.3) is 0 Å². The molecule has 1 aromatic rings. The average Bonchev–Trinajstić information content (AvgIpc) is 3.00. The number of carbonyl (C=O) groups excluding carboxylic acids is 1. The Balaban J connectivity index is 1.70. The molecule has 0 spiro atoms. The van der Waals surface area contributed by atoms with E-state index >= 15 is 0 Å². The number of hydrogen-bond donors (Lipinski definition) is 2. The van der Waals surface area contributed by atoms with Crippen LogP contribution < -0.4 is 5.32 Å². The second-order valence-corrected chi connectivity index (χ2v) is 6.21. The van der Waals surface area contributed by atoms with Crippen LogP contribution in [0.2, 0.25) is 0 Å². The molecule has 5 heteroatoms. The highest BCUT2D eigenvalue weighted by atomic mass is 32.1. The second kappa shape index (κ2) is 7.76. The molecule has 0 bridgehead atoms. The molecule has 4 nitrogen and oxygen atoms in total. The molecule has 1 atom stereocenters. The summed E-state index contributed by atoms with van der Waals surface area (Å²) in [5.41, 5.74) is 0.882. The summed E-state index contributed by atoms with van der Waals surface area (Å²) < 4.78 is 0. The standard InChI is InChI=1S/C15H24N2O2S/c1-2-6-17-7-3-12(4-8-17)15(19)16-10-14(18)13-5-9-20-11-13/h5,9,11-12,14,18H,2-4,6-8,10H2,1H3,(H,16,19). The van der Waals surface area contributed by atoms with Gasteiger partial charge in [-0.1, -0.05) is 6.92 Å². The van der Waals surface area contributed by atoms with Crippen LogP contribution in [0.25, 0.3) is 0 Å². The van der Waals surface area contributed by atoms with E-state index < -0.39 is 6.10 Å². The minimum absolute atomic E-state index is 0.0930. The molecule has 2 rings (SSSR count). The molecular formula is C15H24N2O2S. The first-order valence-corrected chi connectivity index (χ1v) is 8.35. The fourth-order valence-electron chi connectivity index (χ4n) is 2.66. The van der Waals surface area contributed by atoms with Gasteiger partial charge in [0.05, 0.1) is 6.10 Å². The van der Waals surface area contributed by atoms with Crippen molar-refractivity contribution in [3.05, 3.63) is 22.4 Å². The lowest BCUT2D eigenvalue weighted by molar-refractivity contribution is -0.126. The van der Waals surface area contributed by atoms with Crippen molar-refractivity contribution < 1.29 is 9.90 Å². The molecule has 0 radical (unpaired) electrons. The van der Waals surface area contributed by atoms with Gasteiger partial charge in [-0.2, -0.15) is 11.3 Å². The van der Waals surface area contributed by atoms with Gasteiger partial charge in [-0.25, -0.2) is 0 Å². The van der Waals surface area contributed by atoms with Gasteiger partial charge in [0.2, 0.25) is 5.91 Å². The maximum absolute atomic E-state index is 12.1. The second-order valence-electron chi connectivity index (χ2n) is 5.43. The van der Waals surface area contributed by atoms with Gasteiger partial charge in [-0.15, -0.1) is 0 Å². The van der Waals surface area contributed by atoms with Crippen LogP contribution in [-0.2, 0) is 4.79 Å². The van der Waals surface area contributed by atoms with Crippen molar-refractivity contribution in [3.63, 3.8) is 0 Å². The molecule has 2 heterocycles. The Kier molecular flexibility index (Phi) is 6.01. The number of aliphatic hydroxyl groups excluding tert-OH is 1. The number of nitrogens with one attached hydrogen (secondary N) is 1. The number of amides is 1. The maximum atomic E-state index is 12.1. The van der Waals surface area contributed by atoms with Crippen LogP contribution >= 0.6 is 11.3 Å². The van der Waals surface area contributed by atoms with E-state index in [1.807, 2.05) is 16.8 Å². The molecular weight excluding hydrogens is 272 g/mol. The summed E-state index contributed by atoms with van der Waals surface area (Å²) in [6, 6.07) is 1.89. The summed E-state index contributed by atoms with van der Waals surface area (Å²) >= 11 is 1.56. The number of hydrogen-bond acceptors (Lipinski definition) is 4. The third kappa shape index (κ3) is 4.30. The lowest BCUT2D eigenvalue weighted by Crippen LogP contribution is -2.41. The lowest BCUT2D eigenvalue weighted by atomic mass is 9.95. The van der Waals surface area contributed by atoms with E-state index in [0.29, 0.717) is 6.54 Å². The van der Waals surface area contributed by atoms with E-state index in [-0.39, 0.29) is 11.8 Å². The van der Waals surface area contributed by atoms with Gasteiger partial charge in [0.15, 0.2) is 0 Å². The van der Waals surface area contributed by atoms with Gasteiger partial charge >= 0.3 is 0 Å². The zero-order valence-corrected chi connectivity index (χ0v) is 12.9. The number of rotatable bonds is 6. The highest BCUT2D eigenvalue weighted by Crippen LogP contribution is 2.19. The van der Waals surface area contributed by atoms with E-state index in [9.17, 15) is 9.90 Å². The first kappa shape index (κ1) is 15.5. The van der Waals surface area contributed by atoms with Gasteiger partial charge in [0, 0.05) is 12.5 Å². The largest absolute Gasteiger partial charge is 0.387 e. The fourth-order valence-corrected chi connectivity index (χ4v) is 3.37. The number of aliphatic hydroxyl groups is 1. The van der Waals surface area contributed by atoms with Gasteiger partial charge < -0.3 is 15.3 Å². The first-order chi connectivity index (χ1) is 9.70. The van der Waals surface area contributed by atoms with E-state index in [4.69, 9.17) is 0 Å². The van der Waals surface area contributed by atoms with Crippen LogP contribution in [0.5, 0.6) is 0 Å². The zero-order valence-electron chi connectivity index (χ0n) is 12.0. The highest BCUT2D eigenvalue weighted by Gasteiger charge is 2.24. The summed E-state index contributed by atoms with van der Waals surface area (Å²) in [5, 5.41) is 16.7. The van der Waals surface area contributed by atoms with Crippen molar-refractivity contribution in [2.45, 2.75) is 32.3 Å². The van der Waals surface area contributed by atoms with Gasteiger partial charge in [0.1, 0.15) is 0 Å². The van der Waals surface area contributed by atoms with Crippen molar-refractivity contribution >= 4 is 17.2 Å². The number of nitrogens with zero attached hydrogens (tertiary/aromatic N) is 1.